The summed E-state index contributed by atoms with van der Waals surface area (Å²) in [5.74, 6) is 3.01. The Morgan fingerprint density at radius 1 is 1.30 bits per heavy atom. The number of aromatic nitrogens is 3. The van der Waals surface area contributed by atoms with E-state index in [2.05, 4.69) is 32.7 Å². The van der Waals surface area contributed by atoms with Crippen LogP contribution in [0.1, 0.15) is 24.7 Å². The lowest BCUT2D eigenvalue weighted by Gasteiger charge is -2.15. The van der Waals surface area contributed by atoms with Crippen molar-refractivity contribution in [3.63, 3.8) is 0 Å². The van der Waals surface area contributed by atoms with E-state index in [0.717, 1.165) is 30.8 Å². The van der Waals surface area contributed by atoms with Gasteiger partial charge in [-0.15, -0.1) is 10.2 Å². The maximum absolute atomic E-state index is 6.35. The standard InChI is InChI=1S/C18H25ClN6O2/c1-3-16-24-23-12-25(16)6-5-21-18(20-2)22-11-13-9-14(19)17-15(10-13)26-7-4-8-27-17/h9-10,12H,3-8,11H2,1-2H3,(H2,20,21,22). The van der Waals surface area contributed by atoms with Crippen LogP contribution >= 0.6 is 11.6 Å². The number of benzene rings is 1. The van der Waals surface area contributed by atoms with Crippen LogP contribution in [0.15, 0.2) is 23.5 Å². The molecule has 0 bridgehead atoms. The molecule has 0 amide bonds. The van der Waals surface area contributed by atoms with Crippen LogP contribution in [0.25, 0.3) is 0 Å². The molecule has 0 fully saturated rings. The van der Waals surface area contributed by atoms with E-state index in [4.69, 9.17) is 21.1 Å². The minimum absolute atomic E-state index is 0.564. The van der Waals surface area contributed by atoms with Gasteiger partial charge in [-0.05, 0) is 17.7 Å². The summed E-state index contributed by atoms with van der Waals surface area (Å²) in [4.78, 5) is 4.25. The van der Waals surface area contributed by atoms with Gasteiger partial charge in [0.05, 0.1) is 18.2 Å². The van der Waals surface area contributed by atoms with E-state index in [1.165, 1.54) is 0 Å². The fourth-order valence-corrected chi connectivity index (χ4v) is 3.11. The van der Waals surface area contributed by atoms with Gasteiger partial charge in [0.25, 0.3) is 0 Å². The molecule has 0 atom stereocenters. The maximum Gasteiger partial charge on any atom is 0.191 e. The van der Waals surface area contributed by atoms with E-state index in [0.29, 0.717) is 48.8 Å². The van der Waals surface area contributed by atoms with Crippen LogP contribution in [0.2, 0.25) is 5.02 Å². The molecule has 1 aromatic carbocycles. The van der Waals surface area contributed by atoms with Crippen molar-refractivity contribution in [3.05, 3.63) is 34.9 Å². The maximum atomic E-state index is 6.35. The SMILES string of the molecule is CCc1nncn1CCNC(=NC)NCc1cc(Cl)c2c(c1)OCCCO2. The first-order valence-electron chi connectivity index (χ1n) is 9.10. The molecule has 1 aliphatic heterocycles. The van der Waals surface area contributed by atoms with Gasteiger partial charge in [0, 0.05) is 39.5 Å². The van der Waals surface area contributed by atoms with Gasteiger partial charge in [0.2, 0.25) is 0 Å². The Labute approximate surface area is 163 Å². The quantitative estimate of drug-likeness (QED) is 0.578. The van der Waals surface area contributed by atoms with Crippen molar-refractivity contribution in [1.82, 2.24) is 25.4 Å². The highest BCUT2D eigenvalue weighted by Gasteiger charge is 2.15. The molecule has 2 aromatic rings. The summed E-state index contributed by atoms with van der Waals surface area (Å²) in [6.07, 6.45) is 3.45. The first-order valence-corrected chi connectivity index (χ1v) is 9.48. The molecule has 2 heterocycles. The van der Waals surface area contributed by atoms with Gasteiger partial charge in [-0.3, -0.25) is 4.99 Å². The number of guanidine groups is 1. The Bertz CT molecular complexity index is 792. The van der Waals surface area contributed by atoms with Crippen LogP contribution < -0.4 is 20.1 Å². The second-order valence-corrected chi connectivity index (χ2v) is 6.51. The molecule has 27 heavy (non-hydrogen) atoms. The Morgan fingerprint density at radius 2 is 2.15 bits per heavy atom. The van der Waals surface area contributed by atoms with E-state index >= 15 is 0 Å². The molecule has 3 rings (SSSR count). The van der Waals surface area contributed by atoms with E-state index < -0.39 is 0 Å². The van der Waals surface area contributed by atoms with Crippen LogP contribution in [0.3, 0.4) is 0 Å². The normalized spacial score (nSPS) is 14.0. The molecule has 2 N–H and O–H groups in total. The lowest BCUT2D eigenvalue weighted by atomic mass is 10.2. The number of aliphatic imine (C=N–C) groups is 1. The van der Waals surface area contributed by atoms with E-state index in [9.17, 15) is 0 Å². The van der Waals surface area contributed by atoms with E-state index in [1.807, 2.05) is 16.7 Å². The van der Waals surface area contributed by atoms with Crippen LogP contribution in [-0.4, -0.2) is 47.5 Å². The highest BCUT2D eigenvalue weighted by molar-refractivity contribution is 6.32. The van der Waals surface area contributed by atoms with Crippen LogP contribution in [0.5, 0.6) is 11.5 Å². The third-order valence-electron chi connectivity index (χ3n) is 4.20. The van der Waals surface area contributed by atoms with Crippen LogP contribution in [0.4, 0.5) is 0 Å². The van der Waals surface area contributed by atoms with E-state index in [-0.39, 0.29) is 0 Å². The Morgan fingerprint density at radius 3 is 2.96 bits per heavy atom. The Balaban J connectivity index is 1.53. The van der Waals surface area contributed by atoms with Gasteiger partial charge >= 0.3 is 0 Å². The van der Waals surface area contributed by atoms with Gasteiger partial charge in [-0.2, -0.15) is 0 Å². The van der Waals surface area contributed by atoms with Crippen molar-refractivity contribution < 1.29 is 9.47 Å². The highest BCUT2D eigenvalue weighted by Crippen LogP contribution is 2.37. The summed E-state index contributed by atoms with van der Waals surface area (Å²) >= 11 is 6.35. The molecular formula is C18H25ClN6O2. The second kappa shape index (κ2) is 9.45. The largest absolute Gasteiger partial charge is 0.489 e. The second-order valence-electron chi connectivity index (χ2n) is 6.10. The van der Waals surface area contributed by atoms with Gasteiger partial charge in [0.15, 0.2) is 17.5 Å². The van der Waals surface area contributed by atoms with Crippen molar-refractivity contribution in [2.45, 2.75) is 32.9 Å². The summed E-state index contributed by atoms with van der Waals surface area (Å²) in [6.45, 7) is 5.37. The number of aryl methyl sites for hydroxylation is 1. The monoisotopic (exact) mass is 392 g/mol. The summed E-state index contributed by atoms with van der Waals surface area (Å²) in [5, 5.41) is 15.2. The average molecular weight is 393 g/mol. The smallest absolute Gasteiger partial charge is 0.191 e. The van der Waals surface area contributed by atoms with Gasteiger partial charge < -0.3 is 24.7 Å². The summed E-state index contributed by atoms with van der Waals surface area (Å²) in [5.41, 5.74) is 0.999. The molecule has 1 aromatic heterocycles. The zero-order chi connectivity index (χ0) is 19.1. The molecule has 1 aliphatic rings. The van der Waals surface area contributed by atoms with E-state index in [1.54, 1.807) is 13.4 Å². The lowest BCUT2D eigenvalue weighted by molar-refractivity contribution is 0.297. The molecule has 0 radical (unpaired) electrons. The predicted octanol–water partition coefficient (Wildman–Crippen LogP) is 2.02. The van der Waals surface area contributed by atoms with Crippen molar-refractivity contribution in [3.8, 4) is 11.5 Å². The molecule has 0 aliphatic carbocycles. The van der Waals surface area contributed by atoms with Crippen molar-refractivity contribution in [2.24, 2.45) is 4.99 Å². The first-order chi connectivity index (χ1) is 13.2. The fourth-order valence-electron chi connectivity index (χ4n) is 2.83. The number of fused-ring (bicyclic) bond motifs is 1. The lowest BCUT2D eigenvalue weighted by Crippen LogP contribution is -2.38. The number of hydrogen-bond acceptors (Lipinski definition) is 5. The van der Waals surface area contributed by atoms with Crippen LogP contribution in [-0.2, 0) is 19.5 Å². The third kappa shape index (κ3) is 5.03. The van der Waals surface area contributed by atoms with Crippen LogP contribution in [0, 0.1) is 0 Å². The summed E-state index contributed by atoms with van der Waals surface area (Å²) < 4.78 is 13.4. The minimum atomic E-state index is 0.564. The number of rotatable bonds is 6. The molecule has 0 spiro atoms. The zero-order valence-electron chi connectivity index (χ0n) is 15.7. The molecule has 146 valence electrons. The Hall–Kier alpha value is -2.48. The molecule has 0 unspecified atom stereocenters. The highest BCUT2D eigenvalue weighted by atomic mass is 35.5. The zero-order valence-corrected chi connectivity index (χ0v) is 16.4. The van der Waals surface area contributed by atoms with Crippen molar-refractivity contribution in [2.75, 3.05) is 26.8 Å². The number of nitrogens with one attached hydrogen (secondary N) is 2. The molecule has 8 nitrogen and oxygen atoms in total. The number of ether oxygens (including phenoxy) is 2. The third-order valence-corrected chi connectivity index (χ3v) is 4.48. The summed E-state index contributed by atoms with van der Waals surface area (Å²) in [7, 11) is 1.74. The average Bonchev–Trinajstić information content (AvgIpc) is 2.99. The topological polar surface area (TPSA) is 85.6 Å². The molecule has 9 heteroatoms. The van der Waals surface area contributed by atoms with Crippen molar-refractivity contribution in [1.29, 1.82) is 0 Å². The minimum Gasteiger partial charge on any atom is -0.489 e. The van der Waals surface area contributed by atoms with Gasteiger partial charge in [-0.25, -0.2) is 0 Å². The summed E-state index contributed by atoms with van der Waals surface area (Å²) in [6, 6.07) is 3.84. The fraction of sp³-hybridized carbons (Fsp3) is 0.500. The van der Waals surface area contributed by atoms with Crippen molar-refractivity contribution >= 4 is 17.6 Å². The van der Waals surface area contributed by atoms with Gasteiger partial charge in [0.1, 0.15) is 12.2 Å². The predicted molar refractivity (Wildman–Crippen MR) is 105 cm³/mol. The number of halogens is 1. The number of nitrogens with zero attached hydrogens (tertiary/aromatic N) is 4. The number of hydrogen-bond donors (Lipinski definition) is 2. The molecule has 0 saturated carbocycles. The molecular weight excluding hydrogens is 368 g/mol. The molecule has 0 saturated heterocycles. The Kier molecular flexibility index (Phi) is 6.75. The van der Waals surface area contributed by atoms with Gasteiger partial charge in [-0.1, -0.05) is 18.5 Å². The first kappa shape index (κ1) is 19.3.